The normalized spacial score (nSPS) is 17.9. The molecule has 3 aromatic rings. The number of alkyl halides is 2. The summed E-state index contributed by atoms with van der Waals surface area (Å²) in [5, 5.41) is 11.0. The van der Waals surface area contributed by atoms with E-state index in [2.05, 4.69) is 20.6 Å². The lowest BCUT2D eigenvalue weighted by atomic mass is 10.1. The van der Waals surface area contributed by atoms with Gasteiger partial charge in [0.2, 0.25) is 0 Å². The molecule has 0 spiro atoms. The van der Waals surface area contributed by atoms with Gasteiger partial charge in [-0.2, -0.15) is 0 Å². The zero-order valence-electron chi connectivity index (χ0n) is 16.8. The van der Waals surface area contributed by atoms with Gasteiger partial charge in [-0.3, -0.25) is 9.59 Å². The van der Waals surface area contributed by atoms with E-state index in [-0.39, 0.29) is 12.2 Å². The van der Waals surface area contributed by atoms with Crippen molar-refractivity contribution in [2.75, 3.05) is 26.8 Å². The maximum Gasteiger partial charge on any atom is 0.273 e. The Balaban J connectivity index is 1.51. The van der Waals surface area contributed by atoms with Gasteiger partial charge in [0, 0.05) is 42.7 Å². The number of fused-ring (bicyclic) bond motifs is 1. The highest BCUT2D eigenvalue weighted by Crippen LogP contribution is 2.34. The maximum absolute atomic E-state index is 14.3. The van der Waals surface area contributed by atoms with Crippen molar-refractivity contribution < 1.29 is 23.1 Å². The number of likely N-dealkylation sites (tertiary alicyclic amines) is 1. The molecule has 0 radical (unpaired) electrons. The second kappa shape index (κ2) is 8.42. The van der Waals surface area contributed by atoms with Crippen molar-refractivity contribution in [3.63, 3.8) is 0 Å². The number of rotatable bonds is 7. The maximum atomic E-state index is 14.3. The predicted molar refractivity (Wildman–Crippen MR) is 107 cm³/mol. The highest BCUT2D eigenvalue weighted by Gasteiger charge is 2.47. The Morgan fingerprint density at radius 3 is 3.00 bits per heavy atom. The number of carbonyl (C=O) groups is 2. The summed E-state index contributed by atoms with van der Waals surface area (Å²) in [6.07, 6.45) is 2.59. The molecule has 0 bridgehead atoms. The number of hydrogen-bond acceptors (Lipinski definition) is 5. The number of aromatic amines is 1. The zero-order chi connectivity index (χ0) is 22.0. The van der Waals surface area contributed by atoms with Crippen molar-refractivity contribution in [1.29, 1.82) is 0 Å². The number of nitrogens with one attached hydrogen (secondary N) is 2. The Hall–Kier alpha value is -3.34. The van der Waals surface area contributed by atoms with Crippen LogP contribution < -0.4 is 5.32 Å². The van der Waals surface area contributed by atoms with Gasteiger partial charge in [0.05, 0.1) is 31.9 Å². The zero-order valence-corrected chi connectivity index (χ0v) is 16.8. The standard InChI is InChI=1S/C20H22F2N6O3/c1-31-8-7-24-18(29)17-11-27(26-25-17)10-13-9-20(21,22)12-28(13)19(30)15-3-2-4-16-14(15)5-6-23-16/h2-6,11,13,23H,7-10,12H2,1H3,(H,24,29)/t13-/m0/s1. The van der Waals surface area contributed by atoms with Crippen molar-refractivity contribution in [2.24, 2.45) is 0 Å². The number of ether oxygens (including phenoxy) is 1. The monoisotopic (exact) mass is 432 g/mol. The van der Waals surface area contributed by atoms with E-state index in [4.69, 9.17) is 4.74 Å². The summed E-state index contributed by atoms with van der Waals surface area (Å²) in [4.78, 5) is 29.4. The Morgan fingerprint density at radius 2 is 2.19 bits per heavy atom. The number of methoxy groups -OCH3 is 1. The van der Waals surface area contributed by atoms with Gasteiger partial charge in [-0.15, -0.1) is 5.10 Å². The molecule has 1 aromatic carbocycles. The average molecular weight is 432 g/mol. The average Bonchev–Trinajstić information content (AvgIpc) is 3.46. The fourth-order valence-corrected chi connectivity index (χ4v) is 3.79. The largest absolute Gasteiger partial charge is 0.383 e. The third-order valence-electron chi connectivity index (χ3n) is 5.22. The van der Waals surface area contributed by atoms with Crippen LogP contribution in [0.3, 0.4) is 0 Å². The van der Waals surface area contributed by atoms with Gasteiger partial charge in [-0.25, -0.2) is 13.5 Å². The summed E-state index contributed by atoms with van der Waals surface area (Å²) in [6, 6.07) is 6.11. The minimum Gasteiger partial charge on any atom is -0.383 e. The van der Waals surface area contributed by atoms with Crippen LogP contribution >= 0.6 is 0 Å². The topological polar surface area (TPSA) is 105 Å². The summed E-state index contributed by atoms with van der Waals surface area (Å²) in [5.41, 5.74) is 1.18. The molecule has 2 N–H and O–H groups in total. The third kappa shape index (κ3) is 4.41. The van der Waals surface area contributed by atoms with Gasteiger partial charge >= 0.3 is 0 Å². The molecule has 1 saturated heterocycles. The second-order valence-corrected chi connectivity index (χ2v) is 7.47. The number of carbonyl (C=O) groups excluding carboxylic acids is 2. The molecule has 0 saturated carbocycles. The number of halogens is 2. The molecular formula is C20H22F2N6O3. The fraction of sp³-hybridized carbons (Fsp3) is 0.400. The molecule has 164 valence electrons. The van der Waals surface area contributed by atoms with E-state index in [9.17, 15) is 18.4 Å². The van der Waals surface area contributed by atoms with E-state index in [0.29, 0.717) is 24.1 Å². The molecule has 31 heavy (non-hydrogen) atoms. The molecule has 0 aliphatic carbocycles. The molecule has 9 nitrogen and oxygen atoms in total. The molecule has 11 heteroatoms. The van der Waals surface area contributed by atoms with Crippen LogP contribution in [-0.2, 0) is 11.3 Å². The van der Waals surface area contributed by atoms with Crippen LogP contribution in [0.1, 0.15) is 27.3 Å². The first-order valence-corrected chi connectivity index (χ1v) is 9.80. The van der Waals surface area contributed by atoms with Gasteiger partial charge in [0.1, 0.15) is 0 Å². The summed E-state index contributed by atoms with van der Waals surface area (Å²) in [6.45, 7) is -0.00874. The highest BCUT2D eigenvalue weighted by molar-refractivity contribution is 6.06. The summed E-state index contributed by atoms with van der Waals surface area (Å²) < 4.78 is 34.7. The van der Waals surface area contributed by atoms with Crippen molar-refractivity contribution in [2.45, 2.75) is 24.9 Å². The van der Waals surface area contributed by atoms with E-state index in [1.165, 1.54) is 22.9 Å². The van der Waals surface area contributed by atoms with E-state index in [1.807, 2.05) is 6.07 Å². The van der Waals surface area contributed by atoms with Gasteiger partial charge in [0.15, 0.2) is 5.69 Å². The molecule has 1 atom stereocenters. The molecule has 1 aliphatic rings. The minimum atomic E-state index is -3.01. The Labute approximate surface area is 176 Å². The van der Waals surface area contributed by atoms with Gasteiger partial charge < -0.3 is 19.9 Å². The first-order valence-electron chi connectivity index (χ1n) is 9.80. The lowest BCUT2D eigenvalue weighted by Crippen LogP contribution is -2.39. The third-order valence-corrected chi connectivity index (χ3v) is 5.22. The lowest BCUT2D eigenvalue weighted by Gasteiger charge is -2.24. The predicted octanol–water partition coefficient (Wildman–Crippen LogP) is 1.69. The minimum absolute atomic E-state index is 0.00277. The first-order chi connectivity index (χ1) is 14.9. The van der Waals surface area contributed by atoms with Crippen LogP contribution in [0.2, 0.25) is 0 Å². The van der Waals surface area contributed by atoms with Crippen LogP contribution in [0.5, 0.6) is 0 Å². The molecular weight excluding hydrogens is 410 g/mol. The molecule has 1 fully saturated rings. The number of nitrogens with zero attached hydrogens (tertiary/aromatic N) is 4. The molecule has 2 aromatic heterocycles. The van der Waals surface area contributed by atoms with Crippen molar-refractivity contribution in [3.05, 3.63) is 47.9 Å². The van der Waals surface area contributed by atoms with Gasteiger partial charge in [-0.1, -0.05) is 11.3 Å². The molecule has 3 heterocycles. The van der Waals surface area contributed by atoms with Crippen LogP contribution in [-0.4, -0.2) is 75.5 Å². The smallest absolute Gasteiger partial charge is 0.273 e. The van der Waals surface area contributed by atoms with E-state index < -0.39 is 36.7 Å². The fourth-order valence-electron chi connectivity index (χ4n) is 3.79. The molecule has 1 aliphatic heterocycles. The quantitative estimate of drug-likeness (QED) is 0.553. The van der Waals surface area contributed by atoms with Gasteiger partial charge in [0.25, 0.3) is 17.7 Å². The summed E-state index contributed by atoms with van der Waals surface area (Å²) >= 11 is 0. The first kappa shape index (κ1) is 20.9. The van der Waals surface area contributed by atoms with Crippen molar-refractivity contribution >= 4 is 22.7 Å². The van der Waals surface area contributed by atoms with Crippen molar-refractivity contribution in [1.82, 2.24) is 30.2 Å². The van der Waals surface area contributed by atoms with Gasteiger partial charge in [-0.05, 0) is 18.2 Å². The van der Waals surface area contributed by atoms with Crippen molar-refractivity contribution in [3.8, 4) is 0 Å². The SMILES string of the molecule is COCCNC(=O)c1cn(C[C@@H]2CC(F)(F)CN2C(=O)c2cccc3[nH]ccc23)nn1. The highest BCUT2D eigenvalue weighted by atomic mass is 19.3. The number of benzene rings is 1. The number of amides is 2. The number of aromatic nitrogens is 4. The van der Waals surface area contributed by atoms with Crippen LogP contribution in [0.25, 0.3) is 10.9 Å². The van der Waals surface area contributed by atoms with E-state index in [1.54, 1.807) is 24.4 Å². The summed E-state index contributed by atoms with van der Waals surface area (Å²) in [7, 11) is 1.52. The summed E-state index contributed by atoms with van der Waals surface area (Å²) in [5.74, 6) is -3.91. The van der Waals surface area contributed by atoms with Crippen LogP contribution in [0.4, 0.5) is 8.78 Å². The Morgan fingerprint density at radius 1 is 1.35 bits per heavy atom. The Kier molecular flexibility index (Phi) is 5.68. The Bertz CT molecular complexity index is 1100. The number of H-pyrrole nitrogens is 1. The van der Waals surface area contributed by atoms with Crippen LogP contribution in [0, 0.1) is 0 Å². The number of hydrogen-bond donors (Lipinski definition) is 2. The van der Waals surface area contributed by atoms with E-state index >= 15 is 0 Å². The molecule has 0 unspecified atom stereocenters. The second-order valence-electron chi connectivity index (χ2n) is 7.47. The van der Waals surface area contributed by atoms with Crippen LogP contribution in [0.15, 0.2) is 36.7 Å². The molecule has 4 rings (SSSR count). The van der Waals surface area contributed by atoms with E-state index in [0.717, 1.165) is 5.52 Å². The lowest BCUT2D eigenvalue weighted by molar-refractivity contribution is 0.0117. The molecule has 2 amide bonds.